The lowest BCUT2D eigenvalue weighted by molar-refractivity contribution is -0.131. The topological polar surface area (TPSA) is 85.6 Å². The third-order valence-corrected chi connectivity index (χ3v) is 11.2. The van der Waals surface area contributed by atoms with E-state index in [0.717, 1.165) is 11.1 Å². The van der Waals surface area contributed by atoms with E-state index in [0.29, 0.717) is 54.9 Å². The fraction of sp³-hybridized carbons (Fsp3) is 0.562. The van der Waals surface area contributed by atoms with Crippen molar-refractivity contribution in [3.63, 3.8) is 0 Å². The molecule has 4 fully saturated rings. The molecule has 232 valence electrons. The molecule has 3 aliphatic heterocycles. The number of likely N-dealkylation sites (N-methyl/N-ethyl adjacent to an activating group) is 1. The van der Waals surface area contributed by atoms with Gasteiger partial charge < -0.3 is 14.5 Å². The number of benzene rings is 1. The largest absolute Gasteiger partial charge is 0.462 e. The molecule has 4 heterocycles. The van der Waals surface area contributed by atoms with Crippen molar-refractivity contribution in [1.82, 2.24) is 19.8 Å². The van der Waals surface area contributed by atoms with Crippen molar-refractivity contribution in [2.45, 2.75) is 80.3 Å². The number of amides is 1. The van der Waals surface area contributed by atoms with Gasteiger partial charge in [0.2, 0.25) is 0 Å². The molecule has 3 saturated heterocycles. The molecule has 8 nitrogen and oxygen atoms in total. The highest BCUT2D eigenvalue weighted by molar-refractivity contribution is 6.31. The number of piperazine rings is 1. The number of nitriles is 1. The minimum Gasteiger partial charge on any atom is -0.462 e. The van der Waals surface area contributed by atoms with Gasteiger partial charge in [0.1, 0.15) is 18.1 Å². The quantitative estimate of drug-likeness (QED) is 0.420. The highest BCUT2D eigenvalue weighted by atomic mass is 35.5. The zero-order valence-electron chi connectivity index (χ0n) is 24.5. The smallest absolute Gasteiger partial charge is 0.318 e. The first kappa shape index (κ1) is 29.4. The summed E-state index contributed by atoms with van der Waals surface area (Å²) in [5, 5.41) is 10.1. The molecule has 1 aromatic heterocycles. The number of nitrogens with zero attached hydrogens (tertiary/aromatic N) is 6. The Labute approximate surface area is 259 Å². The van der Waals surface area contributed by atoms with Crippen molar-refractivity contribution in [1.29, 1.82) is 5.26 Å². The van der Waals surface area contributed by atoms with E-state index in [4.69, 9.17) is 21.3 Å². The molecule has 3 aliphatic carbocycles. The van der Waals surface area contributed by atoms with Crippen molar-refractivity contribution >= 4 is 23.3 Å². The Morgan fingerprint density at radius 1 is 1.23 bits per heavy atom. The van der Waals surface area contributed by atoms with Crippen LogP contribution in [0.2, 0.25) is 5.02 Å². The second-order valence-corrected chi connectivity index (χ2v) is 13.3. The summed E-state index contributed by atoms with van der Waals surface area (Å²) in [6, 6.07) is 6.82. The Balaban J connectivity index is 1.25. The average molecular weight is 627 g/mol. The first-order valence-electron chi connectivity index (χ1n) is 15.2. The number of hydrogen-bond donors (Lipinski definition) is 0. The van der Waals surface area contributed by atoms with Gasteiger partial charge in [0.25, 0.3) is 5.91 Å². The highest BCUT2D eigenvalue weighted by Gasteiger charge is 2.62. The summed E-state index contributed by atoms with van der Waals surface area (Å²) in [4.78, 5) is 27.1. The maximum atomic E-state index is 17.0. The van der Waals surface area contributed by atoms with Crippen LogP contribution in [0.1, 0.15) is 60.7 Å². The summed E-state index contributed by atoms with van der Waals surface area (Å²) >= 11 is 6.52. The van der Waals surface area contributed by atoms with Gasteiger partial charge in [-0.3, -0.25) is 9.69 Å². The number of carbonyl (C=O) groups is 1. The average Bonchev–Trinajstić information content (AvgIpc) is 3.57. The van der Waals surface area contributed by atoms with Crippen molar-refractivity contribution in [2.75, 3.05) is 38.2 Å². The van der Waals surface area contributed by atoms with Gasteiger partial charge >= 0.3 is 6.01 Å². The number of hydrogen-bond acceptors (Lipinski definition) is 7. The molecular weight excluding hydrogens is 593 g/mol. The Kier molecular flexibility index (Phi) is 7.09. The number of aromatic nitrogens is 2. The minimum absolute atomic E-state index is 0.0215. The highest BCUT2D eigenvalue weighted by Crippen LogP contribution is 2.57. The normalized spacial score (nSPS) is 32.2. The number of fused-ring (bicyclic) bond motifs is 4. The minimum atomic E-state index is -1.46. The molecule has 1 aromatic carbocycles. The molecule has 2 unspecified atom stereocenters. The van der Waals surface area contributed by atoms with Crippen LogP contribution in [0.4, 0.5) is 19.0 Å². The first-order valence-corrected chi connectivity index (χ1v) is 15.6. The number of alkyl halides is 2. The Bertz CT molecular complexity index is 1580. The van der Waals surface area contributed by atoms with Gasteiger partial charge in [-0.15, -0.1) is 0 Å². The number of ether oxygens (including phenoxy) is 1. The maximum Gasteiger partial charge on any atom is 0.318 e. The van der Waals surface area contributed by atoms with E-state index in [1.54, 1.807) is 0 Å². The molecule has 4 atom stereocenters. The second kappa shape index (κ2) is 10.6. The monoisotopic (exact) mass is 626 g/mol. The van der Waals surface area contributed by atoms with Gasteiger partial charge in [0.05, 0.1) is 30.3 Å². The third kappa shape index (κ3) is 4.39. The predicted molar refractivity (Wildman–Crippen MR) is 158 cm³/mol. The summed E-state index contributed by atoms with van der Waals surface area (Å²) in [6.45, 7) is 3.77. The van der Waals surface area contributed by atoms with Crippen LogP contribution in [0.15, 0.2) is 30.6 Å². The Morgan fingerprint density at radius 2 is 1.98 bits per heavy atom. The fourth-order valence-electron chi connectivity index (χ4n) is 8.34. The molecule has 1 saturated carbocycles. The van der Waals surface area contributed by atoms with Crippen LogP contribution in [0.5, 0.6) is 6.01 Å². The van der Waals surface area contributed by atoms with Gasteiger partial charge in [-0.2, -0.15) is 15.2 Å². The molecule has 6 aliphatic rings. The lowest BCUT2D eigenvalue weighted by atomic mass is 9.68. The van der Waals surface area contributed by atoms with E-state index in [-0.39, 0.29) is 50.4 Å². The molecule has 0 N–H and O–H groups in total. The molecule has 2 bridgehead atoms. The molecule has 44 heavy (non-hydrogen) atoms. The van der Waals surface area contributed by atoms with Crippen molar-refractivity contribution in [3.8, 4) is 12.1 Å². The van der Waals surface area contributed by atoms with E-state index < -0.39 is 41.1 Å². The van der Waals surface area contributed by atoms with Crippen molar-refractivity contribution < 1.29 is 22.7 Å². The molecule has 12 heteroatoms. The Hall–Kier alpha value is -3.36. The third-order valence-electron chi connectivity index (χ3n) is 10.8. The predicted octanol–water partition coefficient (Wildman–Crippen LogP) is 4.95. The first-order chi connectivity index (χ1) is 21.1. The van der Waals surface area contributed by atoms with E-state index in [1.807, 2.05) is 35.0 Å². The van der Waals surface area contributed by atoms with Crippen LogP contribution in [0.25, 0.3) is 0 Å². The molecule has 2 aromatic rings. The van der Waals surface area contributed by atoms with Crippen LogP contribution in [0.3, 0.4) is 0 Å². The fourth-order valence-corrected chi connectivity index (χ4v) is 8.61. The number of carbonyl (C=O) groups excluding carboxylic acids is 1. The molecule has 0 radical (unpaired) electrons. The SMILES string of the molecule is C=C(F)C(=O)N1CCN(c2nc(OCC3N(C)C4CC3(F)C4)nc3c2CC[C@@]2(CCc4c(Cl)cccc42)C3F)C[C@@H]1CC#N. The van der Waals surface area contributed by atoms with Crippen LogP contribution in [-0.4, -0.2) is 82.8 Å². The number of anilines is 1. The summed E-state index contributed by atoms with van der Waals surface area (Å²) < 4.78 is 52.2. The van der Waals surface area contributed by atoms with Crippen LogP contribution in [0, 0.1) is 11.3 Å². The standard InChI is InChI=1S/C32H34ClF3N6O2/c1-18(34)29(43)42-13-12-41(16-19(42)8-11-37)28-22-7-10-31(9-6-21-23(31)4-3-5-24(21)33)27(35)26(22)38-30(39-28)44-17-25-32(36)14-20(15-32)40(25)2/h3-5,19-20,25,27H,1,6-10,12-17H2,2H3/t19-,20?,25?,27?,31+,32?/m0/s1. The molecular formula is C32H34ClF3N6O2. The lowest BCUT2D eigenvalue weighted by Crippen LogP contribution is -2.55. The summed E-state index contributed by atoms with van der Waals surface area (Å²) in [5.41, 5.74) is 0.669. The van der Waals surface area contributed by atoms with Gasteiger partial charge in [0, 0.05) is 41.7 Å². The van der Waals surface area contributed by atoms with Crippen molar-refractivity contribution in [2.24, 2.45) is 0 Å². The van der Waals surface area contributed by atoms with Crippen LogP contribution in [-0.2, 0) is 23.1 Å². The van der Waals surface area contributed by atoms with Gasteiger partial charge in [-0.25, -0.2) is 13.2 Å². The van der Waals surface area contributed by atoms with Crippen LogP contribution >= 0.6 is 11.6 Å². The van der Waals surface area contributed by atoms with E-state index in [9.17, 15) is 14.4 Å². The number of halogens is 4. The summed E-state index contributed by atoms with van der Waals surface area (Å²) in [5.74, 6) is -1.46. The maximum absolute atomic E-state index is 17.0. The van der Waals surface area contributed by atoms with Gasteiger partial charge in [0.15, 0.2) is 12.0 Å². The van der Waals surface area contributed by atoms with E-state index in [1.165, 1.54) is 4.90 Å². The Morgan fingerprint density at radius 3 is 2.66 bits per heavy atom. The molecule has 8 rings (SSSR count). The van der Waals surface area contributed by atoms with Gasteiger partial charge in [-0.1, -0.05) is 30.3 Å². The zero-order chi connectivity index (χ0) is 31.0. The van der Waals surface area contributed by atoms with E-state index in [2.05, 4.69) is 17.6 Å². The zero-order valence-corrected chi connectivity index (χ0v) is 25.3. The van der Waals surface area contributed by atoms with Crippen LogP contribution < -0.4 is 9.64 Å². The molecule has 1 spiro atoms. The van der Waals surface area contributed by atoms with E-state index >= 15 is 8.78 Å². The van der Waals surface area contributed by atoms with Crippen molar-refractivity contribution in [3.05, 3.63) is 58.0 Å². The summed E-state index contributed by atoms with van der Waals surface area (Å²) in [6.07, 6.45) is 1.76. The lowest BCUT2D eigenvalue weighted by Gasteiger charge is -2.43. The molecule has 1 amide bonds. The summed E-state index contributed by atoms with van der Waals surface area (Å²) in [7, 11) is 1.89. The second-order valence-electron chi connectivity index (χ2n) is 12.9. The number of rotatable bonds is 6. The van der Waals surface area contributed by atoms with Gasteiger partial charge in [-0.05, 0) is 62.8 Å².